The number of hydrogen-bond donors (Lipinski definition) is 1. The molecule has 2 heterocycles. The number of hydrogen-bond acceptors (Lipinski definition) is 3. The van der Waals surface area contributed by atoms with Crippen molar-refractivity contribution in [1.82, 2.24) is 19.0 Å². The number of imidazole rings is 1. The third-order valence-electron chi connectivity index (χ3n) is 5.46. The molecule has 166 valence electrons. The molecule has 0 spiro atoms. The Kier molecular flexibility index (Phi) is 6.25. The van der Waals surface area contributed by atoms with Gasteiger partial charge in [-0.1, -0.05) is 45.9 Å². The number of carbonyl (C=O) groups is 1. The Hall–Kier alpha value is -3.09. The molecule has 3 rings (SSSR count). The lowest BCUT2D eigenvalue weighted by Gasteiger charge is -2.20. The fourth-order valence-corrected chi connectivity index (χ4v) is 3.90. The van der Waals surface area contributed by atoms with Crippen molar-refractivity contribution in [3.63, 3.8) is 0 Å². The minimum absolute atomic E-state index is 0.0315. The second-order valence-electron chi connectivity index (χ2n) is 9.32. The summed E-state index contributed by atoms with van der Waals surface area (Å²) < 4.78 is 3.38. The quantitative estimate of drug-likeness (QED) is 0.625. The van der Waals surface area contributed by atoms with Gasteiger partial charge in [-0.05, 0) is 42.0 Å². The molecule has 0 unspecified atom stereocenters. The summed E-state index contributed by atoms with van der Waals surface area (Å²) in [6.45, 7) is 11.7. The highest BCUT2D eigenvalue weighted by Crippen LogP contribution is 2.27. The third-order valence-corrected chi connectivity index (χ3v) is 5.46. The van der Waals surface area contributed by atoms with Gasteiger partial charge in [-0.2, -0.15) is 0 Å². The number of fused-ring (bicyclic) bond motifs is 1. The molecule has 0 saturated carbocycles. The molecule has 0 aliphatic heterocycles. The molecule has 1 amide bonds. The normalized spacial score (nSPS) is 11.8. The first-order chi connectivity index (χ1) is 14.5. The second-order valence-corrected chi connectivity index (χ2v) is 9.32. The van der Waals surface area contributed by atoms with E-state index in [2.05, 4.69) is 20.8 Å². The maximum atomic E-state index is 12.8. The Balaban J connectivity index is 2.06. The van der Waals surface area contributed by atoms with Gasteiger partial charge in [0, 0.05) is 32.2 Å². The Morgan fingerprint density at radius 1 is 1.19 bits per heavy atom. The van der Waals surface area contributed by atoms with Crippen molar-refractivity contribution in [2.24, 2.45) is 12.5 Å². The van der Waals surface area contributed by atoms with Crippen molar-refractivity contribution < 1.29 is 9.90 Å². The van der Waals surface area contributed by atoms with Crippen LogP contribution in [0.3, 0.4) is 0 Å². The van der Waals surface area contributed by atoms with E-state index in [4.69, 9.17) is 4.98 Å². The van der Waals surface area contributed by atoms with Gasteiger partial charge in [0.25, 0.3) is 0 Å². The van der Waals surface area contributed by atoms with Crippen molar-refractivity contribution in [2.45, 2.75) is 54.1 Å². The number of amides is 1. The van der Waals surface area contributed by atoms with Gasteiger partial charge in [-0.25, -0.2) is 14.6 Å². The lowest BCUT2D eigenvalue weighted by Crippen LogP contribution is -2.29. The van der Waals surface area contributed by atoms with Crippen LogP contribution >= 0.6 is 0 Å². The first kappa shape index (κ1) is 22.6. The number of benzene rings is 1. The minimum Gasteiger partial charge on any atom is -0.465 e. The van der Waals surface area contributed by atoms with E-state index in [0.29, 0.717) is 25.3 Å². The summed E-state index contributed by atoms with van der Waals surface area (Å²) in [6, 6.07) is 9.77. The fraction of sp³-hybridized carbons (Fsp3) is 0.458. The molecule has 0 atom stereocenters. The average molecular weight is 425 g/mol. The van der Waals surface area contributed by atoms with Crippen LogP contribution in [-0.4, -0.2) is 36.8 Å². The smallest absolute Gasteiger partial charge is 0.407 e. The van der Waals surface area contributed by atoms with E-state index in [0.717, 1.165) is 34.3 Å². The third kappa shape index (κ3) is 4.65. The van der Waals surface area contributed by atoms with E-state index in [1.54, 1.807) is 16.2 Å². The summed E-state index contributed by atoms with van der Waals surface area (Å²) in [7, 11) is 1.75. The summed E-state index contributed by atoms with van der Waals surface area (Å²) in [6.07, 6.45) is -0.149. The van der Waals surface area contributed by atoms with Crippen molar-refractivity contribution in [1.29, 1.82) is 0 Å². The van der Waals surface area contributed by atoms with Crippen molar-refractivity contribution in [3.05, 3.63) is 51.9 Å². The highest BCUT2D eigenvalue weighted by Gasteiger charge is 2.20. The second kappa shape index (κ2) is 8.57. The first-order valence-corrected chi connectivity index (χ1v) is 10.7. The summed E-state index contributed by atoms with van der Waals surface area (Å²) in [4.78, 5) is 30.6. The predicted octanol–water partition coefficient (Wildman–Crippen LogP) is 4.65. The number of pyridine rings is 1. The SMILES string of the molecule is CCCN(Cc1cccc(-c2ccc3c(n2)n(C)c(=O)n3CC(C)(C)C)c1C)C(=O)O. The summed E-state index contributed by atoms with van der Waals surface area (Å²) in [5.41, 5.74) is 5.03. The Morgan fingerprint density at radius 3 is 2.52 bits per heavy atom. The standard InChI is InChI=1S/C24H32N4O3/c1-7-13-27(23(30)31)14-17-9-8-10-18(16(17)2)19-11-12-20-21(25-19)26(6)22(29)28(20)15-24(3,4)5/h8-12H,7,13-15H2,1-6H3,(H,30,31). The van der Waals surface area contributed by atoms with Gasteiger partial charge in [0.15, 0.2) is 5.65 Å². The zero-order valence-corrected chi connectivity index (χ0v) is 19.3. The van der Waals surface area contributed by atoms with Gasteiger partial charge < -0.3 is 10.0 Å². The van der Waals surface area contributed by atoms with E-state index < -0.39 is 6.09 Å². The van der Waals surface area contributed by atoms with Crippen molar-refractivity contribution in [3.8, 4) is 11.3 Å². The first-order valence-electron chi connectivity index (χ1n) is 10.7. The monoisotopic (exact) mass is 424 g/mol. The summed E-state index contributed by atoms with van der Waals surface area (Å²) in [5, 5.41) is 9.48. The number of rotatable bonds is 6. The molecule has 0 bridgehead atoms. The lowest BCUT2D eigenvalue weighted by molar-refractivity contribution is 0.142. The van der Waals surface area contributed by atoms with Crippen LogP contribution in [0.25, 0.3) is 22.4 Å². The maximum Gasteiger partial charge on any atom is 0.407 e. The molecular weight excluding hydrogens is 392 g/mol. The number of nitrogens with zero attached hydrogens (tertiary/aromatic N) is 4. The highest BCUT2D eigenvalue weighted by atomic mass is 16.4. The molecule has 0 aliphatic carbocycles. The van der Waals surface area contributed by atoms with Gasteiger partial charge in [0.1, 0.15) is 0 Å². The molecule has 3 aromatic rings. The predicted molar refractivity (Wildman–Crippen MR) is 123 cm³/mol. The van der Waals surface area contributed by atoms with Crippen LogP contribution in [-0.2, 0) is 20.1 Å². The van der Waals surface area contributed by atoms with Crippen LogP contribution < -0.4 is 5.69 Å². The van der Waals surface area contributed by atoms with Crippen LogP contribution in [0, 0.1) is 12.3 Å². The average Bonchev–Trinajstić information content (AvgIpc) is 2.92. The van der Waals surface area contributed by atoms with Gasteiger partial charge in [-0.15, -0.1) is 0 Å². The molecule has 1 N–H and O–H groups in total. The van der Waals surface area contributed by atoms with Gasteiger partial charge in [0.2, 0.25) is 0 Å². The Bertz CT molecular complexity index is 1170. The molecule has 0 aliphatic rings. The maximum absolute atomic E-state index is 12.8. The summed E-state index contributed by atoms with van der Waals surface area (Å²) in [5.74, 6) is 0. The van der Waals surface area contributed by atoms with Crippen LogP contribution in [0.2, 0.25) is 0 Å². The zero-order valence-electron chi connectivity index (χ0n) is 19.3. The van der Waals surface area contributed by atoms with E-state index in [1.807, 2.05) is 44.2 Å². The molecular formula is C24H32N4O3. The number of aryl methyl sites for hydroxylation is 1. The van der Waals surface area contributed by atoms with E-state index in [-0.39, 0.29) is 11.1 Å². The van der Waals surface area contributed by atoms with E-state index in [1.165, 1.54) is 4.90 Å². The molecule has 7 nitrogen and oxygen atoms in total. The molecule has 0 saturated heterocycles. The molecule has 0 radical (unpaired) electrons. The summed E-state index contributed by atoms with van der Waals surface area (Å²) >= 11 is 0. The van der Waals surface area contributed by atoms with E-state index in [9.17, 15) is 14.7 Å². The van der Waals surface area contributed by atoms with Crippen LogP contribution in [0.15, 0.2) is 35.1 Å². The highest BCUT2D eigenvalue weighted by molar-refractivity contribution is 5.77. The van der Waals surface area contributed by atoms with Gasteiger partial charge in [0.05, 0.1) is 11.2 Å². The zero-order chi connectivity index (χ0) is 22.9. The topological polar surface area (TPSA) is 80.4 Å². The number of carboxylic acid groups (broad SMARTS) is 1. The van der Waals surface area contributed by atoms with Gasteiger partial charge in [-0.3, -0.25) is 9.13 Å². The minimum atomic E-state index is -0.915. The van der Waals surface area contributed by atoms with Gasteiger partial charge >= 0.3 is 11.8 Å². The van der Waals surface area contributed by atoms with Crippen LogP contribution in [0.1, 0.15) is 45.2 Å². The van der Waals surface area contributed by atoms with E-state index >= 15 is 0 Å². The molecule has 7 heteroatoms. The molecule has 31 heavy (non-hydrogen) atoms. The molecule has 0 fully saturated rings. The Labute approximate surface area is 182 Å². The number of aromatic nitrogens is 3. The lowest BCUT2D eigenvalue weighted by atomic mass is 9.97. The van der Waals surface area contributed by atoms with Crippen molar-refractivity contribution >= 4 is 17.3 Å². The molecule has 1 aromatic carbocycles. The van der Waals surface area contributed by atoms with Crippen molar-refractivity contribution in [2.75, 3.05) is 6.54 Å². The van der Waals surface area contributed by atoms with Crippen LogP contribution in [0.4, 0.5) is 4.79 Å². The Morgan fingerprint density at radius 2 is 1.90 bits per heavy atom. The molecule has 2 aromatic heterocycles. The fourth-order valence-electron chi connectivity index (χ4n) is 3.90. The van der Waals surface area contributed by atoms with Crippen LogP contribution in [0.5, 0.6) is 0 Å². The largest absolute Gasteiger partial charge is 0.465 e.